The zero-order valence-corrected chi connectivity index (χ0v) is 14.0. The predicted octanol–water partition coefficient (Wildman–Crippen LogP) is -0.0628. The van der Waals surface area contributed by atoms with Crippen LogP contribution in [0.1, 0.15) is 22.7 Å². The third-order valence-electron chi connectivity index (χ3n) is 4.21. The molecule has 1 N–H and O–H groups in total. The number of nitrogens with zero attached hydrogens (tertiary/aromatic N) is 6. The lowest BCUT2D eigenvalue weighted by atomic mass is 10.2. The van der Waals surface area contributed by atoms with E-state index >= 15 is 0 Å². The summed E-state index contributed by atoms with van der Waals surface area (Å²) in [6.07, 6.45) is 3.84. The van der Waals surface area contributed by atoms with Gasteiger partial charge in [-0.25, -0.2) is 19.6 Å². The molecular weight excluding hydrogens is 310 g/mol. The Labute approximate surface area is 140 Å². The fourth-order valence-electron chi connectivity index (χ4n) is 2.91. The maximum atomic E-state index is 12.2. The molecule has 0 saturated carbocycles. The lowest BCUT2D eigenvalue weighted by Gasteiger charge is -2.25. The van der Waals surface area contributed by atoms with Crippen LogP contribution in [0.3, 0.4) is 0 Å². The van der Waals surface area contributed by atoms with Crippen molar-refractivity contribution in [3.63, 3.8) is 0 Å². The molecule has 3 rings (SSSR count). The molecule has 1 aliphatic heterocycles. The number of hydrogen-bond acceptors (Lipinski definition) is 7. The molecule has 1 amide bonds. The molecule has 0 spiro atoms. The summed E-state index contributed by atoms with van der Waals surface area (Å²) in [5, 5.41) is 6.84. The number of aromatic nitrogens is 5. The van der Waals surface area contributed by atoms with Gasteiger partial charge in [0.15, 0.2) is 0 Å². The molecule has 1 saturated heterocycles. The maximum Gasteiger partial charge on any atom is 0.288 e. The number of carbonyl (C=O) groups excluding carboxylic acids is 1. The summed E-state index contributed by atoms with van der Waals surface area (Å²) in [6.45, 7) is 3.14. The molecule has 0 unspecified atom stereocenters. The van der Waals surface area contributed by atoms with Crippen molar-refractivity contribution in [3.8, 4) is 0 Å². The number of methoxy groups -OCH3 is 1. The highest BCUT2D eigenvalue weighted by molar-refractivity contribution is 5.90. The summed E-state index contributed by atoms with van der Waals surface area (Å²) in [5.74, 6) is 0.898. The van der Waals surface area contributed by atoms with E-state index in [0.29, 0.717) is 12.4 Å². The average Bonchev–Trinajstić information content (AvgIpc) is 3.18. The molecule has 9 heteroatoms. The second-order valence-electron chi connectivity index (χ2n) is 5.83. The van der Waals surface area contributed by atoms with Crippen LogP contribution < -0.4 is 10.2 Å². The molecular formula is C15H21N7O2. The lowest BCUT2D eigenvalue weighted by molar-refractivity contribution is 0.0932. The lowest BCUT2D eigenvalue weighted by Crippen LogP contribution is -2.41. The van der Waals surface area contributed by atoms with Crippen LogP contribution in [0.4, 0.5) is 5.82 Å². The molecule has 3 heterocycles. The molecule has 9 nitrogen and oxygen atoms in total. The van der Waals surface area contributed by atoms with Crippen molar-refractivity contribution in [2.24, 2.45) is 7.05 Å². The Balaban J connectivity index is 1.70. The van der Waals surface area contributed by atoms with Gasteiger partial charge in [-0.15, -0.1) is 0 Å². The second kappa shape index (κ2) is 6.91. The van der Waals surface area contributed by atoms with Crippen LogP contribution >= 0.6 is 0 Å². The molecule has 0 bridgehead atoms. The van der Waals surface area contributed by atoms with Gasteiger partial charge in [0.2, 0.25) is 5.82 Å². The van der Waals surface area contributed by atoms with Gasteiger partial charge in [-0.2, -0.15) is 5.10 Å². The maximum absolute atomic E-state index is 12.2. The Bertz CT molecular complexity index is 717. The minimum Gasteiger partial charge on any atom is -0.380 e. The monoisotopic (exact) mass is 331 g/mol. The van der Waals surface area contributed by atoms with Crippen LogP contribution in [-0.4, -0.2) is 63.0 Å². The van der Waals surface area contributed by atoms with E-state index in [1.54, 1.807) is 20.5 Å². The zero-order valence-electron chi connectivity index (χ0n) is 14.0. The van der Waals surface area contributed by atoms with E-state index in [9.17, 15) is 4.79 Å². The van der Waals surface area contributed by atoms with E-state index in [0.717, 1.165) is 24.5 Å². The summed E-state index contributed by atoms with van der Waals surface area (Å²) >= 11 is 0. The Morgan fingerprint density at radius 3 is 2.88 bits per heavy atom. The van der Waals surface area contributed by atoms with Gasteiger partial charge in [-0.3, -0.25) is 4.79 Å². The number of ether oxygens (including phenoxy) is 1. The first-order chi connectivity index (χ1) is 11.6. The normalized spacial score (nSPS) is 20.4. The van der Waals surface area contributed by atoms with Crippen molar-refractivity contribution < 1.29 is 9.53 Å². The van der Waals surface area contributed by atoms with E-state index in [2.05, 4.69) is 30.3 Å². The van der Waals surface area contributed by atoms with Gasteiger partial charge in [-0.05, 0) is 13.3 Å². The second-order valence-corrected chi connectivity index (χ2v) is 5.83. The topological polar surface area (TPSA) is 98.1 Å². The van der Waals surface area contributed by atoms with Crippen LogP contribution in [0.5, 0.6) is 0 Å². The van der Waals surface area contributed by atoms with Gasteiger partial charge in [0.1, 0.15) is 18.5 Å². The third-order valence-corrected chi connectivity index (χ3v) is 4.21. The van der Waals surface area contributed by atoms with Crippen molar-refractivity contribution >= 4 is 11.7 Å². The highest BCUT2D eigenvalue weighted by Crippen LogP contribution is 2.25. The van der Waals surface area contributed by atoms with Crippen LogP contribution in [-0.2, 0) is 11.8 Å². The van der Waals surface area contributed by atoms with Crippen LogP contribution in [0.2, 0.25) is 0 Å². The third kappa shape index (κ3) is 3.35. The Morgan fingerprint density at radius 1 is 1.38 bits per heavy atom. The van der Waals surface area contributed by atoms with E-state index in [4.69, 9.17) is 4.74 Å². The molecule has 2 aromatic rings. The van der Waals surface area contributed by atoms with Gasteiger partial charge < -0.3 is 15.0 Å². The quantitative estimate of drug-likeness (QED) is 0.819. The largest absolute Gasteiger partial charge is 0.380 e. The standard InChI is InChI=1S/C15H21N7O2/c1-10-4-13(18-8-17-10)22-7-12(24-3)5-11(22)6-16-15(23)14-19-9-20-21(14)2/h4,8-9,11-12H,5-7H2,1-3H3,(H,16,23)/t11-,12-/m0/s1. The van der Waals surface area contributed by atoms with Gasteiger partial charge >= 0.3 is 0 Å². The summed E-state index contributed by atoms with van der Waals surface area (Å²) < 4.78 is 6.95. The van der Waals surface area contributed by atoms with Crippen molar-refractivity contribution in [1.82, 2.24) is 30.0 Å². The van der Waals surface area contributed by atoms with E-state index in [-0.39, 0.29) is 18.1 Å². The summed E-state index contributed by atoms with van der Waals surface area (Å²) in [7, 11) is 3.39. The van der Waals surface area contributed by atoms with E-state index < -0.39 is 0 Å². The molecule has 0 aliphatic carbocycles. The Hall–Kier alpha value is -2.55. The molecule has 1 fully saturated rings. The molecule has 1 aliphatic rings. The first-order valence-electron chi connectivity index (χ1n) is 7.78. The van der Waals surface area contributed by atoms with Gasteiger partial charge in [0.25, 0.3) is 5.91 Å². The van der Waals surface area contributed by atoms with Crippen LogP contribution in [0.25, 0.3) is 0 Å². The molecule has 24 heavy (non-hydrogen) atoms. The summed E-state index contributed by atoms with van der Waals surface area (Å²) in [4.78, 5) is 26.8. The minimum atomic E-state index is -0.241. The highest BCUT2D eigenvalue weighted by atomic mass is 16.5. The van der Waals surface area contributed by atoms with Crippen molar-refractivity contribution in [2.45, 2.75) is 25.5 Å². The summed E-state index contributed by atoms with van der Waals surface area (Å²) in [5.41, 5.74) is 0.905. The number of nitrogens with one attached hydrogen (secondary N) is 1. The average molecular weight is 331 g/mol. The number of carbonyl (C=O) groups is 1. The SMILES string of the molecule is CO[C@H]1C[C@@H](CNC(=O)c2ncnn2C)N(c2cc(C)ncn2)C1. The van der Waals surface area contributed by atoms with E-state index in [1.165, 1.54) is 11.0 Å². The number of rotatable bonds is 5. The highest BCUT2D eigenvalue weighted by Gasteiger charge is 2.33. The van der Waals surface area contributed by atoms with Gasteiger partial charge in [-0.1, -0.05) is 0 Å². The van der Waals surface area contributed by atoms with Crippen LogP contribution in [0, 0.1) is 6.92 Å². The summed E-state index contributed by atoms with van der Waals surface area (Å²) in [6, 6.07) is 2.04. The van der Waals surface area contributed by atoms with Gasteiger partial charge in [0.05, 0.1) is 12.1 Å². The van der Waals surface area contributed by atoms with Gasteiger partial charge in [0, 0.05) is 39.0 Å². The fraction of sp³-hybridized carbons (Fsp3) is 0.533. The molecule has 2 atom stereocenters. The first-order valence-corrected chi connectivity index (χ1v) is 7.78. The Kier molecular flexibility index (Phi) is 4.70. The number of amides is 1. The number of aryl methyl sites for hydroxylation is 2. The number of anilines is 1. The molecule has 2 aromatic heterocycles. The number of hydrogen-bond donors (Lipinski definition) is 1. The molecule has 128 valence electrons. The first kappa shape index (κ1) is 16.3. The zero-order chi connectivity index (χ0) is 17.1. The molecule has 0 radical (unpaired) electrons. The molecule has 0 aromatic carbocycles. The van der Waals surface area contributed by atoms with Crippen LogP contribution in [0.15, 0.2) is 18.7 Å². The van der Waals surface area contributed by atoms with Crippen molar-refractivity contribution in [2.75, 3.05) is 25.1 Å². The van der Waals surface area contributed by atoms with E-state index in [1.807, 2.05) is 13.0 Å². The minimum absolute atomic E-state index is 0.0985. The Morgan fingerprint density at radius 2 is 2.21 bits per heavy atom. The smallest absolute Gasteiger partial charge is 0.288 e. The van der Waals surface area contributed by atoms with Crippen molar-refractivity contribution in [1.29, 1.82) is 0 Å². The van der Waals surface area contributed by atoms with Crippen molar-refractivity contribution in [3.05, 3.63) is 30.2 Å². The predicted molar refractivity (Wildman–Crippen MR) is 86.7 cm³/mol. The fourth-order valence-corrected chi connectivity index (χ4v) is 2.91.